The van der Waals surface area contributed by atoms with Gasteiger partial charge in [0.2, 0.25) is 0 Å². The predicted molar refractivity (Wildman–Crippen MR) is 89.2 cm³/mol. The van der Waals surface area contributed by atoms with E-state index in [1.54, 1.807) is 4.90 Å². The summed E-state index contributed by atoms with van der Waals surface area (Å²) in [5, 5.41) is 10.8. The van der Waals surface area contributed by atoms with E-state index in [0.717, 1.165) is 44.8 Å². The van der Waals surface area contributed by atoms with E-state index in [1.165, 1.54) is 0 Å². The van der Waals surface area contributed by atoms with Crippen molar-refractivity contribution < 1.29 is 18.1 Å². The molecule has 0 radical (unpaired) electrons. The first-order valence-corrected chi connectivity index (χ1v) is 8.69. The van der Waals surface area contributed by atoms with Crippen molar-refractivity contribution >= 4 is 23.0 Å². The lowest BCUT2D eigenvalue weighted by Gasteiger charge is -2.38. The van der Waals surface area contributed by atoms with E-state index in [4.69, 9.17) is 11.6 Å². The molecule has 0 aliphatic carbocycles. The highest BCUT2D eigenvalue weighted by atomic mass is 35.5. The Hall–Kier alpha value is -1.54. The second-order valence-electron chi connectivity index (χ2n) is 6.56. The number of piperidine rings is 1. The van der Waals surface area contributed by atoms with Crippen LogP contribution in [0.5, 0.6) is 0 Å². The van der Waals surface area contributed by atoms with Gasteiger partial charge < -0.3 is 4.90 Å². The summed E-state index contributed by atoms with van der Waals surface area (Å²) in [7, 11) is 0. The number of anilines is 1. The monoisotopic (exact) mass is 377 g/mol. The smallest absolute Gasteiger partial charge is 0.364 e. The second-order valence-corrected chi connectivity index (χ2v) is 6.97. The summed E-state index contributed by atoms with van der Waals surface area (Å²) >= 11 is 5.79. The van der Waals surface area contributed by atoms with Gasteiger partial charge in [0.1, 0.15) is 5.69 Å². The van der Waals surface area contributed by atoms with Crippen LogP contribution in [0.15, 0.2) is 12.1 Å². The van der Waals surface area contributed by atoms with Gasteiger partial charge in [0.15, 0.2) is 0 Å². The van der Waals surface area contributed by atoms with Crippen molar-refractivity contribution in [2.45, 2.75) is 37.9 Å². The van der Waals surface area contributed by atoms with Crippen LogP contribution in [-0.2, 0) is 6.18 Å². The van der Waals surface area contributed by atoms with Gasteiger partial charge in [-0.1, -0.05) is 11.6 Å². The van der Waals surface area contributed by atoms with Crippen molar-refractivity contribution in [1.82, 2.24) is 4.90 Å². The summed E-state index contributed by atoms with van der Waals surface area (Å²) < 4.78 is 39.0. The number of hydrogen-bond donors (Lipinski definition) is 0. The summed E-state index contributed by atoms with van der Waals surface area (Å²) in [6.45, 7) is 3.16. The first-order chi connectivity index (χ1) is 11.8. The lowest BCUT2D eigenvalue weighted by atomic mass is 10.0. The average Bonchev–Trinajstić information content (AvgIpc) is 3.07. The van der Waals surface area contributed by atoms with Crippen LogP contribution < -0.4 is 4.90 Å². The number of nitro benzene ring substituents is 1. The van der Waals surface area contributed by atoms with Crippen LogP contribution >= 0.6 is 11.6 Å². The topological polar surface area (TPSA) is 49.6 Å². The minimum Gasteiger partial charge on any atom is -0.364 e. The molecule has 2 aliphatic heterocycles. The Morgan fingerprint density at radius 2 is 1.84 bits per heavy atom. The first-order valence-electron chi connectivity index (χ1n) is 8.31. The molecule has 3 rings (SSSR count). The largest absolute Gasteiger partial charge is 0.418 e. The Balaban J connectivity index is 1.92. The third kappa shape index (κ3) is 3.84. The fourth-order valence-electron chi connectivity index (χ4n) is 3.75. The molecule has 0 bridgehead atoms. The molecule has 5 nitrogen and oxygen atoms in total. The van der Waals surface area contributed by atoms with Gasteiger partial charge in [0.05, 0.1) is 15.5 Å². The summed E-state index contributed by atoms with van der Waals surface area (Å²) in [6, 6.07) is 1.92. The van der Waals surface area contributed by atoms with Gasteiger partial charge in [-0.2, -0.15) is 13.2 Å². The number of nitro groups is 1. The number of likely N-dealkylation sites (tertiary alicyclic amines) is 1. The zero-order valence-corrected chi connectivity index (χ0v) is 14.3. The molecule has 0 aromatic heterocycles. The molecular weight excluding hydrogens is 359 g/mol. The molecule has 1 atom stereocenters. The van der Waals surface area contributed by atoms with Gasteiger partial charge in [-0.3, -0.25) is 15.0 Å². The number of benzene rings is 1. The Morgan fingerprint density at radius 3 is 2.44 bits per heavy atom. The maximum atomic E-state index is 13.0. The standard InChI is InChI=1S/C16H19ClF3N3O2/c17-13-9-14(15(23(24)25)8-12(13)16(18,19)20)22-7-3-4-11(10-22)21-5-1-2-6-21/h8-9,11H,1-7,10H2. The van der Waals surface area contributed by atoms with E-state index in [0.29, 0.717) is 19.2 Å². The Morgan fingerprint density at radius 1 is 1.16 bits per heavy atom. The highest BCUT2D eigenvalue weighted by molar-refractivity contribution is 6.31. The van der Waals surface area contributed by atoms with Gasteiger partial charge in [-0.05, 0) is 44.8 Å². The predicted octanol–water partition coefficient (Wildman–Crippen LogP) is 4.33. The molecule has 138 valence electrons. The number of rotatable bonds is 3. The number of nitrogens with zero attached hydrogens (tertiary/aromatic N) is 3. The molecule has 25 heavy (non-hydrogen) atoms. The summed E-state index contributed by atoms with van der Waals surface area (Å²) in [6.07, 6.45) is -0.596. The van der Waals surface area contributed by atoms with Gasteiger partial charge in [0.25, 0.3) is 5.69 Å². The van der Waals surface area contributed by atoms with Gasteiger partial charge in [0, 0.05) is 25.2 Å². The Kier molecular flexibility index (Phi) is 5.11. The second kappa shape index (κ2) is 6.99. The Bertz CT molecular complexity index is 663. The van der Waals surface area contributed by atoms with E-state index in [-0.39, 0.29) is 11.7 Å². The molecule has 0 saturated carbocycles. The van der Waals surface area contributed by atoms with Crippen LogP contribution in [0, 0.1) is 10.1 Å². The van der Waals surface area contributed by atoms with Crippen LogP contribution in [0.25, 0.3) is 0 Å². The number of hydrogen-bond acceptors (Lipinski definition) is 4. The highest BCUT2D eigenvalue weighted by Crippen LogP contribution is 2.42. The van der Waals surface area contributed by atoms with E-state index in [9.17, 15) is 23.3 Å². The molecule has 0 amide bonds. The average molecular weight is 378 g/mol. The lowest BCUT2D eigenvalue weighted by molar-refractivity contribution is -0.384. The van der Waals surface area contributed by atoms with Crippen LogP contribution in [0.1, 0.15) is 31.2 Å². The zero-order chi connectivity index (χ0) is 18.2. The molecule has 9 heteroatoms. The molecule has 1 aromatic carbocycles. The maximum Gasteiger partial charge on any atom is 0.418 e. The van der Waals surface area contributed by atoms with Crippen molar-refractivity contribution in [2.75, 3.05) is 31.1 Å². The molecule has 2 saturated heterocycles. The zero-order valence-electron chi connectivity index (χ0n) is 13.6. The highest BCUT2D eigenvalue weighted by Gasteiger charge is 2.37. The minimum atomic E-state index is -4.72. The van der Waals surface area contributed by atoms with Crippen molar-refractivity contribution in [3.8, 4) is 0 Å². The first kappa shape index (κ1) is 18.3. The molecule has 2 heterocycles. The normalized spacial score (nSPS) is 22.4. The SMILES string of the molecule is O=[N+]([O-])c1cc(C(F)(F)F)c(Cl)cc1N1CCCC(N2CCCC2)C1. The molecule has 1 aromatic rings. The summed E-state index contributed by atoms with van der Waals surface area (Å²) in [5.41, 5.74) is -1.54. The molecule has 2 aliphatic rings. The van der Waals surface area contributed by atoms with Crippen LogP contribution in [0.3, 0.4) is 0 Å². The van der Waals surface area contributed by atoms with Crippen molar-refractivity contribution in [3.05, 3.63) is 32.8 Å². The summed E-state index contributed by atoms with van der Waals surface area (Å²) in [5.74, 6) is 0. The third-order valence-electron chi connectivity index (χ3n) is 4.96. The summed E-state index contributed by atoms with van der Waals surface area (Å²) in [4.78, 5) is 14.8. The van der Waals surface area contributed by atoms with Gasteiger partial charge in [-0.25, -0.2) is 0 Å². The maximum absolute atomic E-state index is 13.0. The molecule has 2 fully saturated rings. The fraction of sp³-hybridized carbons (Fsp3) is 0.625. The molecule has 1 unspecified atom stereocenters. The van der Waals surface area contributed by atoms with Crippen LogP contribution in [0.4, 0.5) is 24.5 Å². The third-order valence-corrected chi connectivity index (χ3v) is 5.27. The number of alkyl halides is 3. The molecule has 0 N–H and O–H groups in total. The van der Waals surface area contributed by atoms with Crippen LogP contribution in [0.2, 0.25) is 5.02 Å². The molecule has 0 spiro atoms. The van der Waals surface area contributed by atoms with Crippen molar-refractivity contribution in [2.24, 2.45) is 0 Å². The van der Waals surface area contributed by atoms with Gasteiger partial charge in [-0.15, -0.1) is 0 Å². The van der Waals surface area contributed by atoms with Crippen LogP contribution in [-0.4, -0.2) is 42.0 Å². The number of halogens is 4. The fourth-order valence-corrected chi connectivity index (χ4v) is 4.01. The van der Waals surface area contributed by atoms with E-state index >= 15 is 0 Å². The molecular formula is C16H19ClF3N3O2. The Labute approximate surface area is 148 Å². The van der Waals surface area contributed by atoms with Crippen molar-refractivity contribution in [3.63, 3.8) is 0 Å². The van der Waals surface area contributed by atoms with E-state index < -0.39 is 27.4 Å². The van der Waals surface area contributed by atoms with Crippen molar-refractivity contribution in [1.29, 1.82) is 0 Å². The van der Waals surface area contributed by atoms with E-state index in [2.05, 4.69) is 4.90 Å². The lowest BCUT2D eigenvalue weighted by Crippen LogP contribution is -2.47. The minimum absolute atomic E-state index is 0.173. The quantitative estimate of drug-likeness (QED) is 0.581. The van der Waals surface area contributed by atoms with Gasteiger partial charge >= 0.3 is 6.18 Å². The van der Waals surface area contributed by atoms with E-state index in [1.807, 2.05) is 0 Å².